The number of nitrogens with one attached hydrogen (secondary N) is 1. The Morgan fingerprint density at radius 1 is 1.24 bits per heavy atom. The summed E-state index contributed by atoms with van der Waals surface area (Å²) in [6.45, 7) is 6.29. The quantitative estimate of drug-likeness (QED) is 0.778. The highest BCUT2D eigenvalue weighted by molar-refractivity contribution is 5.92. The number of hydrogen-bond acceptors (Lipinski definition) is 4. The predicted octanol–water partition coefficient (Wildman–Crippen LogP) is 1.72. The predicted molar refractivity (Wildman–Crippen MR) is 84.8 cm³/mol. The molecule has 0 bridgehead atoms. The second-order valence-corrected chi connectivity index (χ2v) is 5.32. The lowest BCUT2D eigenvalue weighted by atomic mass is 10.1. The molecule has 0 aromatic carbocycles. The van der Waals surface area contributed by atoms with Gasteiger partial charge in [-0.1, -0.05) is 37.8 Å². The van der Waals surface area contributed by atoms with Gasteiger partial charge >= 0.3 is 0 Å². The fraction of sp³-hybridized carbons (Fsp3) is 0.786. The average Bonchev–Trinajstić information content (AvgIpc) is 2.96. The van der Waals surface area contributed by atoms with Crippen LogP contribution >= 0.6 is 12.4 Å². The summed E-state index contributed by atoms with van der Waals surface area (Å²) in [7, 11) is 0. The van der Waals surface area contributed by atoms with Crippen molar-refractivity contribution in [2.24, 2.45) is 0 Å². The zero-order valence-corrected chi connectivity index (χ0v) is 13.6. The number of aromatic nitrogens is 3. The number of rotatable bonds is 7. The van der Waals surface area contributed by atoms with Gasteiger partial charge in [-0.3, -0.25) is 9.48 Å². The highest BCUT2D eigenvalue weighted by atomic mass is 35.5. The zero-order valence-electron chi connectivity index (χ0n) is 12.8. The van der Waals surface area contributed by atoms with Crippen LogP contribution in [0, 0.1) is 0 Å². The maximum atomic E-state index is 12.2. The molecule has 0 atom stereocenters. The maximum Gasteiger partial charge on any atom is 0.276 e. The molecule has 1 N–H and O–H groups in total. The molecule has 0 radical (unpaired) electrons. The standard InChI is InChI=1S/C14H25N5O.ClH/c1-2-3-4-5-6-9-19-12-13(16-17-19)14(20)18-10-7-15-8-11-18;/h12,15H,2-11H2,1H3;1H. The Kier molecular flexibility index (Phi) is 8.30. The topological polar surface area (TPSA) is 63.1 Å². The number of hydrogen-bond donors (Lipinski definition) is 1. The van der Waals surface area contributed by atoms with Crippen molar-refractivity contribution in [3.8, 4) is 0 Å². The summed E-state index contributed by atoms with van der Waals surface area (Å²) in [5.41, 5.74) is 0.473. The summed E-state index contributed by atoms with van der Waals surface area (Å²) in [6.07, 6.45) is 7.93. The Bertz CT molecular complexity index is 417. The molecule has 6 nitrogen and oxygen atoms in total. The van der Waals surface area contributed by atoms with Gasteiger partial charge in [-0.25, -0.2) is 0 Å². The first-order valence-electron chi connectivity index (χ1n) is 7.71. The summed E-state index contributed by atoms with van der Waals surface area (Å²) in [5.74, 6) is 0.00346. The molecule has 0 aliphatic carbocycles. The van der Waals surface area contributed by atoms with Crippen molar-refractivity contribution < 1.29 is 4.79 Å². The third-order valence-electron chi connectivity index (χ3n) is 3.65. The van der Waals surface area contributed by atoms with Crippen LogP contribution in [-0.4, -0.2) is 52.0 Å². The van der Waals surface area contributed by atoms with E-state index in [9.17, 15) is 4.79 Å². The minimum Gasteiger partial charge on any atom is -0.335 e. The summed E-state index contributed by atoms with van der Waals surface area (Å²) in [5, 5.41) is 11.3. The van der Waals surface area contributed by atoms with Crippen molar-refractivity contribution >= 4 is 18.3 Å². The van der Waals surface area contributed by atoms with Crippen LogP contribution in [0.3, 0.4) is 0 Å². The van der Waals surface area contributed by atoms with Crippen molar-refractivity contribution in [2.45, 2.75) is 45.6 Å². The van der Waals surface area contributed by atoms with Gasteiger partial charge in [-0.15, -0.1) is 17.5 Å². The van der Waals surface area contributed by atoms with Crippen molar-refractivity contribution in [2.75, 3.05) is 26.2 Å². The number of unbranched alkanes of at least 4 members (excludes halogenated alkanes) is 4. The fourth-order valence-electron chi connectivity index (χ4n) is 2.41. The Morgan fingerprint density at radius 3 is 2.67 bits per heavy atom. The van der Waals surface area contributed by atoms with Crippen LogP contribution in [0.5, 0.6) is 0 Å². The van der Waals surface area contributed by atoms with Gasteiger partial charge in [-0.05, 0) is 6.42 Å². The van der Waals surface area contributed by atoms with E-state index in [0.717, 1.165) is 39.1 Å². The van der Waals surface area contributed by atoms with Gasteiger partial charge in [0, 0.05) is 32.7 Å². The Labute approximate surface area is 132 Å². The third kappa shape index (κ3) is 5.63. The van der Waals surface area contributed by atoms with Gasteiger partial charge in [0.25, 0.3) is 5.91 Å². The molecule has 1 fully saturated rings. The second-order valence-electron chi connectivity index (χ2n) is 5.32. The first-order valence-corrected chi connectivity index (χ1v) is 7.71. The van der Waals surface area contributed by atoms with E-state index in [4.69, 9.17) is 0 Å². The molecule has 21 heavy (non-hydrogen) atoms. The van der Waals surface area contributed by atoms with E-state index in [1.54, 1.807) is 10.9 Å². The highest BCUT2D eigenvalue weighted by Crippen LogP contribution is 2.06. The maximum absolute atomic E-state index is 12.2. The van der Waals surface area contributed by atoms with Crippen molar-refractivity contribution in [1.29, 1.82) is 0 Å². The minimum absolute atomic E-state index is 0. The van der Waals surface area contributed by atoms with Crippen LogP contribution in [-0.2, 0) is 6.54 Å². The summed E-state index contributed by atoms with van der Waals surface area (Å²) < 4.78 is 1.79. The van der Waals surface area contributed by atoms with Crippen LogP contribution in [0.2, 0.25) is 0 Å². The number of carbonyl (C=O) groups excluding carboxylic acids is 1. The van der Waals surface area contributed by atoms with Crippen LogP contribution in [0.25, 0.3) is 0 Å². The van der Waals surface area contributed by atoms with Gasteiger partial charge in [0.1, 0.15) is 0 Å². The Balaban J connectivity index is 0.00000220. The molecule has 1 saturated heterocycles. The first kappa shape index (κ1) is 17.9. The van der Waals surface area contributed by atoms with E-state index in [-0.39, 0.29) is 18.3 Å². The molecular weight excluding hydrogens is 290 g/mol. The van der Waals surface area contributed by atoms with Crippen molar-refractivity contribution in [3.63, 3.8) is 0 Å². The average molecular weight is 316 g/mol. The van der Waals surface area contributed by atoms with Gasteiger partial charge in [-0.2, -0.15) is 0 Å². The molecular formula is C14H26ClN5O. The number of aryl methyl sites for hydroxylation is 1. The summed E-state index contributed by atoms with van der Waals surface area (Å²) >= 11 is 0. The molecule has 1 amide bonds. The lowest BCUT2D eigenvalue weighted by Gasteiger charge is -2.26. The van der Waals surface area contributed by atoms with E-state index in [2.05, 4.69) is 22.6 Å². The zero-order chi connectivity index (χ0) is 14.2. The van der Waals surface area contributed by atoms with Crippen molar-refractivity contribution in [1.82, 2.24) is 25.2 Å². The number of carbonyl (C=O) groups is 1. The third-order valence-corrected chi connectivity index (χ3v) is 3.65. The normalized spacial score (nSPS) is 14.8. The molecule has 2 heterocycles. The van der Waals surface area contributed by atoms with Crippen LogP contribution in [0.4, 0.5) is 0 Å². The molecule has 0 unspecified atom stereocenters. The van der Waals surface area contributed by atoms with Crippen molar-refractivity contribution in [3.05, 3.63) is 11.9 Å². The van der Waals surface area contributed by atoms with Gasteiger partial charge < -0.3 is 10.2 Å². The summed E-state index contributed by atoms with van der Waals surface area (Å²) in [6, 6.07) is 0. The second kappa shape index (κ2) is 9.73. The SMILES string of the molecule is CCCCCCCn1cc(C(=O)N2CCNCC2)nn1.Cl. The molecule has 1 aliphatic heterocycles. The van der Waals surface area contributed by atoms with E-state index < -0.39 is 0 Å². The molecule has 2 rings (SSSR count). The van der Waals surface area contributed by atoms with Crippen LogP contribution in [0.15, 0.2) is 6.20 Å². The number of nitrogens with zero attached hydrogens (tertiary/aromatic N) is 4. The first-order chi connectivity index (χ1) is 9.81. The lowest BCUT2D eigenvalue weighted by Crippen LogP contribution is -2.46. The molecule has 120 valence electrons. The number of piperazine rings is 1. The van der Waals surface area contributed by atoms with Gasteiger partial charge in [0.2, 0.25) is 0 Å². The lowest BCUT2D eigenvalue weighted by molar-refractivity contribution is 0.0729. The van der Waals surface area contributed by atoms with E-state index in [1.807, 2.05) is 4.90 Å². The molecule has 1 aromatic heterocycles. The van der Waals surface area contributed by atoms with Crippen LogP contribution in [0.1, 0.15) is 49.5 Å². The summed E-state index contributed by atoms with van der Waals surface area (Å²) in [4.78, 5) is 14.0. The van der Waals surface area contributed by atoms with E-state index in [0.29, 0.717) is 5.69 Å². The molecule has 1 aliphatic rings. The monoisotopic (exact) mass is 315 g/mol. The molecule has 1 aromatic rings. The Hall–Kier alpha value is -1.14. The van der Waals surface area contributed by atoms with E-state index >= 15 is 0 Å². The fourth-order valence-corrected chi connectivity index (χ4v) is 2.41. The molecule has 0 spiro atoms. The largest absolute Gasteiger partial charge is 0.335 e. The Morgan fingerprint density at radius 2 is 1.95 bits per heavy atom. The highest BCUT2D eigenvalue weighted by Gasteiger charge is 2.20. The molecule has 0 saturated carbocycles. The molecule has 7 heteroatoms. The smallest absolute Gasteiger partial charge is 0.276 e. The minimum atomic E-state index is 0. The number of halogens is 1. The number of amides is 1. The van der Waals surface area contributed by atoms with Gasteiger partial charge in [0.15, 0.2) is 5.69 Å². The van der Waals surface area contributed by atoms with Gasteiger partial charge in [0.05, 0.1) is 6.20 Å². The van der Waals surface area contributed by atoms with Crippen LogP contribution < -0.4 is 5.32 Å². The van der Waals surface area contributed by atoms with E-state index in [1.165, 1.54) is 25.7 Å².